The molecule has 0 amide bonds. The summed E-state index contributed by atoms with van der Waals surface area (Å²) in [5.74, 6) is -0.321. The summed E-state index contributed by atoms with van der Waals surface area (Å²) in [6, 6.07) is 4.73. The zero-order valence-electron chi connectivity index (χ0n) is 11.3. The van der Waals surface area contributed by atoms with Crippen LogP contribution in [0.4, 0.5) is 0 Å². The Kier molecular flexibility index (Phi) is 5.39. The molecule has 5 nitrogen and oxygen atoms in total. The van der Waals surface area contributed by atoms with Gasteiger partial charge in [0.15, 0.2) is 0 Å². The molecule has 0 bridgehead atoms. The van der Waals surface area contributed by atoms with Crippen LogP contribution >= 0.6 is 15.9 Å². The van der Waals surface area contributed by atoms with E-state index in [-0.39, 0.29) is 11.7 Å². The molecule has 1 aromatic rings. The van der Waals surface area contributed by atoms with Crippen molar-refractivity contribution in [3.63, 3.8) is 0 Å². The lowest BCUT2D eigenvalue weighted by molar-refractivity contribution is -0.0465. The van der Waals surface area contributed by atoms with Crippen molar-refractivity contribution in [2.24, 2.45) is 0 Å². The van der Waals surface area contributed by atoms with Crippen LogP contribution in [0.3, 0.4) is 0 Å². The summed E-state index contributed by atoms with van der Waals surface area (Å²) in [4.78, 5) is 13.2. The number of rotatable bonds is 5. The molecule has 1 aliphatic rings. The molecule has 1 heterocycles. The van der Waals surface area contributed by atoms with Gasteiger partial charge in [0, 0.05) is 13.1 Å². The molecule has 1 unspecified atom stereocenters. The molecular weight excluding hydrogens is 326 g/mol. The minimum Gasteiger partial charge on any atom is -0.490 e. The summed E-state index contributed by atoms with van der Waals surface area (Å²) in [6.07, 6.45) is 0.0507. The molecule has 0 radical (unpaired) electrons. The second-order valence-corrected chi connectivity index (χ2v) is 5.50. The number of halogens is 1. The molecule has 20 heavy (non-hydrogen) atoms. The lowest BCUT2D eigenvalue weighted by atomic mass is 10.2. The highest BCUT2D eigenvalue weighted by atomic mass is 79.9. The molecular formula is C14H18BrNO4. The highest BCUT2D eigenvalue weighted by Gasteiger charge is 2.20. The van der Waals surface area contributed by atoms with Gasteiger partial charge >= 0.3 is 5.97 Å². The molecule has 2 rings (SSSR count). The number of aromatic carboxylic acids is 1. The molecule has 0 spiro atoms. The van der Waals surface area contributed by atoms with Crippen LogP contribution in [0.1, 0.15) is 17.3 Å². The molecule has 1 fully saturated rings. The maximum absolute atomic E-state index is 10.9. The molecule has 1 atom stereocenters. The minimum atomic E-state index is -0.952. The second-order valence-electron chi connectivity index (χ2n) is 4.65. The first-order chi connectivity index (χ1) is 9.60. The first-order valence-electron chi connectivity index (χ1n) is 6.59. The van der Waals surface area contributed by atoms with Gasteiger partial charge in [-0.3, -0.25) is 4.90 Å². The van der Waals surface area contributed by atoms with E-state index in [1.54, 1.807) is 6.07 Å². The molecule has 0 aliphatic carbocycles. The first-order valence-corrected chi connectivity index (χ1v) is 7.39. The Hall–Kier alpha value is -1.11. The number of ether oxygens (including phenoxy) is 2. The number of carboxylic acids is 1. The second kappa shape index (κ2) is 7.06. The molecule has 1 N–H and O–H groups in total. The largest absolute Gasteiger partial charge is 0.490 e. The summed E-state index contributed by atoms with van der Waals surface area (Å²) in [5.41, 5.74) is 0.232. The van der Waals surface area contributed by atoms with Gasteiger partial charge in [-0.1, -0.05) is 6.92 Å². The molecule has 1 saturated heterocycles. The number of hydrogen-bond acceptors (Lipinski definition) is 4. The fourth-order valence-corrected chi connectivity index (χ4v) is 2.60. The molecule has 110 valence electrons. The third-order valence-corrected chi connectivity index (χ3v) is 3.89. The first kappa shape index (κ1) is 15.3. The van der Waals surface area contributed by atoms with E-state index in [4.69, 9.17) is 14.6 Å². The molecule has 1 aromatic carbocycles. The fourth-order valence-electron chi connectivity index (χ4n) is 2.10. The maximum Gasteiger partial charge on any atom is 0.335 e. The fraction of sp³-hybridized carbons (Fsp3) is 0.500. The number of hydrogen-bond donors (Lipinski definition) is 1. The van der Waals surface area contributed by atoms with Crippen molar-refractivity contribution in [3.8, 4) is 5.75 Å². The van der Waals surface area contributed by atoms with Crippen LogP contribution in [-0.4, -0.2) is 54.9 Å². The number of carboxylic acid groups (broad SMARTS) is 1. The van der Waals surface area contributed by atoms with Gasteiger partial charge in [-0.05, 0) is 40.7 Å². The Bertz CT molecular complexity index is 480. The van der Waals surface area contributed by atoms with Crippen LogP contribution in [0.15, 0.2) is 22.7 Å². The van der Waals surface area contributed by atoms with E-state index < -0.39 is 5.97 Å². The molecule has 6 heteroatoms. The van der Waals surface area contributed by atoms with Gasteiger partial charge in [0.2, 0.25) is 0 Å². The Morgan fingerprint density at radius 2 is 2.40 bits per heavy atom. The topological polar surface area (TPSA) is 59.0 Å². The number of carbonyl (C=O) groups is 1. The highest BCUT2D eigenvalue weighted by molar-refractivity contribution is 9.10. The van der Waals surface area contributed by atoms with E-state index >= 15 is 0 Å². The Labute approximate surface area is 126 Å². The standard InChI is InChI=1S/C14H18BrNO4/c1-2-16-5-6-19-11(8-16)9-20-13-4-3-10(14(17)18)7-12(13)15/h3-4,7,11H,2,5-6,8-9H2,1H3,(H,17,18). The number of likely N-dealkylation sites (N-methyl/N-ethyl adjacent to an activating group) is 1. The zero-order valence-corrected chi connectivity index (χ0v) is 12.9. The Morgan fingerprint density at radius 1 is 1.60 bits per heavy atom. The number of nitrogens with zero attached hydrogens (tertiary/aromatic N) is 1. The van der Waals surface area contributed by atoms with Crippen molar-refractivity contribution in [3.05, 3.63) is 28.2 Å². The normalized spacial score (nSPS) is 19.8. The summed E-state index contributed by atoms with van der Waals surface area (Å²) < 4.78 is 12.0. The van der Waals surface area contributed by atoms with Gasteiger partial charge in [-0.15, -0.1) is 0 Å². The lowest BCUT2D eigenvalue weighted by Crippen LogP contribution is -2.44. The third kappa shape index (κ3) is 3.94. The highest BCUT2D eigenvalue weighted by Crippen LogP contribution is 2.26. The smallest absolute Gasteiger partial charge is 0.335 e. The predicted molar refractivity (Wildman–Crippen MR) is 78.5 cm³/mol. The summed E-state index contributed by atoms with van der Waals surface area (Å²) >= 11 is 3.33. The summed E-state index contributed by atoms with van der Waals surface area (Å²) in [5, 5.41) is 8.90. The third-order valence-electron chi connectivity index (χ3n) is 3.27. The average Bonchev–Trinajstić information content (AvgIpc) is 2.46. The van der Waals surface area contributed by atoms with Gasteiger partial charge in [0.05, 0.1) is 16.6 Å². The quantitative estimate of drug-likeness (QED) is 0.888. The summed E-state index contributed by atoms with van der Waals surface area (Å²) in [6.45, 7) is 6.15. The molecule has 0 saturated carbocycles. The monoisotopic (exact) mass is 343 g/mol. The van der Waals surface area contributed by atoms with Gasteiger partial charge in [0.1, 0.15) is 18.5 Å². The van der Waals surface area contributed by atoms with E-state index in [9.17, 15) is 4.79 Å². The van der Waals surface area contributed by atoms with E-state index in [1.807, 2.05) is 0 Å². The minimum absolute atomic E-state index is 0.0507. The predicted octanol–water partition coefficient (Wildman–Crippen LogP) is 2.25. The van der Waals surface area contributed by atoms with Gasteiger partial charge in [-0.2, -0.15) is 0 Å². The molecule has 0 aromatic heterocycles. The SMILES string of the molecule is CCN1CCOC(COc2ccc(C(=O)O)cc2Br)C1. The van der Waals surface area contributed by atoms with Crippen molar-refractivity contribution in [1.82, 2.24) is 4.90 Å². The van der Waals surface area contributed by atoms with Crippen molar-refractivity contribution < 1.29 is 19.4 Å². The Balaban J connectivity index is 1.92. The van der Waals surface area contributed by atoms with E-state index in [2.05, 4.69) is 27.8 Å². The van der Waals surface area contributed by atoms with Crippen molar-refractivity contribution in [2.45, 2.75) is 13.0 Å². The van der Waals surface area contributed by atoms with E-state index in [0.717, 1.165) is 26.2 Å². The van der Waals surface area contributed by atoms with Crippen LogP contribution in [0, 0.1) is 0 Å². The van der Waals surface area contributed by atoms with Gasteiger partial charge in [0.25, 0.3) is 0 Å². The Morgan fingerprint density at radius 3 is 3.05 bits per heavy atom. The van der Waals surface area contributed by atoms with Crippen molar-refractivity contribution in [2.75, 3.05) is 32.8 Å². The average molecular weight is 344 g/mol. The number of morpholine rings is 1. The maximum atomic E-state index is 10.9. The van der Waals surface area contributed by atoms with Crippen molar-refractivity contribution in [1.29, 1.82) is 0 Å². The van der Waals surface area contributed by atoms with Crippen molar-refractivity contribution >= 4 is 21.9 Å². The van der Waals surface area contributed by atoms with E-state index in [0.29, 0.717) is 16.8 Å². The zero-order chi connectivity index (χ0) is 14.5. The van der Waals surface area contributed by atoms with Gasteiger partial charge < -0.3 is 14.6 Å². The van der Waals surface area contributed by atoms with E-state index in [1.165, 1.54) is 12.1 Å². The van der Waals surface area contributed by atoms with Crippen LogP contribution in [0.25, 0.3) is 0 Å². The number of benzene rings is 1. The van der Waals surface area contributed by atoms with Crippen LogP contribution in [0.2, 0.25) is 0 Å². The van der Waals surface area contributed by atoms with Crippen LogP contribution in [0.5, 0.6) is 5.75 Å². The summed E-state index contributed by atoms with van der Waals surface area (Å²) in [7, 11) is 0. The molecule has 1 aliphatic heterocycles. The van der Waals surface area contributed by atoms with Crippen LogP contribution < -0.4 is 4.74 Å². The van der Waals surface area contributed by atoms with Gasteiger partial charge in [-0.25, -0.2) is 4.79 Å². The van der Waals surface area contributed by atoms with Crippen LogP contribution in [-0.2, 0) is 4.74 Å². The lowest BCUT2D eigenvalue weighted by Gasteiger charge is -2.31.